The Morgan fingerprint density at radius 1 is 1.45 bits per heavy atom. The molecule has 116 valence electrons. The lowest BCUT2D eigenvalue weighted by Gasteiger charge is -2.39. The van der Waals surface area contributed by atoms with E-state index in [1.807, 2.05) is 23.1 Å². The van der Waals surface area contributed by atoms with Crippen LogP contribution in [0.1, 0.15) is 29.4 Å². The Bertz CT molecular complexity index is 643. The Morgan fingerprint density at radius 2 is 2.32 bits per heavy atom. The van der Waals surface area contributed by atoms with Gasteiger partial charge in [-0.2, -0.15) is 0 Å². The first-order chi connectivity index (χ1) is 10.7. The number of rotatable bonds is 3. The van der Waals surface area contributed by atoms with E-state index in [0.29, 0.717) is 17.3 Å². The number of likely N-dealkylation sites (tertiary alicyclic amines) is 1. The van der Waals surface area contributed by atoms with E-state index in [-0.39, 0.29) is 11.9 Å². The molecule has 2 aromatic heterocycles. The third-order valence-corrected chi connectivity index (χ3v) is 5.23. The molecule has 3 rings (SSSR count). The molecule has 0 unspecified atom stereocenters. The maximum Gasteiger partial charge on any atom is 0.265 e. The summed E-state index contributed by atoms with van der Waals surface area (Å²) in [6.45, 7) is 3.46. The van der Waals surface area contributed by atoms with Crippen molar-refractivity contribution in [1.82, 2.24) is 14.9 Å². The molecule has 0 saturated carbocycles. The fourth-order valence-electron chi connectivity index (χ4n) is 2.98. The third-order valence-electron chi connectivity index (χ3n) is 4.22. The topological polar surface area (TPSA) is 72.1 Å². The SMILES string of the molecule is C[C@H]1CCCN(C(=O)c2cnc(-c3ccccn3)s2)[C@H]1CN. The minimum Gasteiger partial charge on any atom is -0.333 e. The number of nitrogens with two attached hydrogens (primary N) is 1. The molecule has 0 bridgehead atoms. The first kappa shape index (κ1) is 15.1. The second-order valence-electron chi connectivity index (χ2n) is 5.67. The highest BCUT2D eigenvalue weighted by Crippen LogP contribution is 2.28. The summed E-state index contributed by atoms with van der Waals surface area (Å²) in [6.07, 6.45) is 5.56. The number of carbonyl (C=O) groups excluding carboxylic acids is 1. The summed E-state index contributed by atoms with van der Waals surface area (Å²) in [5, 5.41) is 0.776. The van der Waals surface area contributed by atoms with Gasteiger partial charge in [-0.05, 0) is 30.9 Å². The summed E-state index contributed by atoms with van der Waals surface area (Å²) in [5.74, 6) is 0.493. The molecule has 2 N–H and O–H groups in total. The summed E-state index contributed by atoms with van der Waals surface area (Å²) >= 11 is 1.40. The van der Waals surface area contributed by atoms with Crippen LogP contribution in [0.3, 0.4) is 0 Å². The molecule has 0 aliphatic carbocycles. The molecule has 1 aliphatic heterocycles. The van der Waals surface area contributed by atoms with Gasteiger partial charge in [-0.25, -0.2) is 4.98 Å². The molecule has 1 amide bonds. The number of amides is 1. The molecule has 1 saturated heterocycles. The van der Waals surface area contributed by atoms with Gasteiger partial charge >= 0.3 is 0 Å². The molecule has 2 aromatic rings. The molecule has 3 heterocycles. The van der Waals surface area contributed by atoms with E-state index in [0.717, 1.165) is 30.1 Å². The van der Waals surface area contributed by atoms with Crippen molar-refractivity contribution in [2.75, 3.05) is 13.1 Å². The standard InChI is InChI=1S/C16H20N4OS/c1-11-5-4-8-20(13(11)9-17)16(21)14-10-19-15(22-14)12-6-2-3-7-18-12/h2-3,6-7,10-11,13H,4-5,8-9,17H2,1H3/t11-,13-/m0/s1. The van der Waals surface area contributed by atoms with Gasteiger partial charge in [0, 0.05) is 25.3 Å². The zero-order valence-electron chi connectivity index (χ0n) is 12.6. The van der Waals surface area contributed by atoms with E-state index >= 15 is 0 Å². The number of carbonyl (C=O) groups is 1. The van der Waals surface area contributed by atoms with E-state index in [2.05, 4.69) is 16.9 Å². The van der Waals surface area contributed by atoms with Crippen LogP contribution in [-0.2, 0) is 0 Å². The van der Waals surface area contributed by atoms with Crippen molar-refractivity contribution >= 4 is 17.2 Å². The molecule has 22 heavy (non-hydrogen) atoms. The molecule has 0 radical (unpaired) electrons. The number of pyridine rings is 1. The molecule has 0 aromatic carbocycles. The largest absolute Gasteiger partial charge is 0.333 e. The minimum absolute atomic E-state index is 0.0432. The minimum atomic E-state index is 0.0432. The van der Waals surface area contributed by atoms with Crippen molar-refractivity contribution in [3.05, 3.63) is 35.5 Å². The highest BCUT2D eigenvalue weighted by Gasteiger charge is 2.32. The first-order valence-corrected chi connectivity index (χ1v) is 8.40. The fourth-order valence-corrected chi connectivity index (χ4v) is 3.83. The van der Waals surface area contributed by atoms with E-state index in [4.69, 9.17) is 5.73 Å². The zero-order chi connectivity index (χ0) is 15.5. The normalized spacial score (nSPS) is 21.8. The van der Waals surface area contributed by atoms with E-state index in [1.54, 1.807) is 12.4 Å². The second-order valence-corrected chi connectivity index (χ2v) is 6.70. The number of hydrogen-bond donors (Lipinski definition) is 1. The number of hydrogen-bond acceptors (Lipinski definition) is 5. The summed E-state index contributed by atoms with van der Waals surface area (Å²) in [7, 11) is 0. The highest BCUT2D eigenvalue weighted by atomic mass is 32.1. The third kappa shape index (κ3) is 2.89. The number of thiazole rings is 1. The smallest absolute Gasteiger partial charge is 0.265 e. The van der Waals surface area contributed by atoms with Gasteiger partial charge in [0.15, 0.2) is 0 Å². The van der Waals surface area contributed by atoms with Crippen LogP contribution in [0.25, 0.3) is 10.7 Å². The monoisotopic (exact) mass is 316 g/mol. The van der Waals surface area contributed by atoms with Crippen LogP contribution in [0.2, 0.25) is 0 Å². The van der Waals surface area contributed by atoms with Crippen LogP contribution in [0, 0.1) is 5.92 Å². The Labute approximate surface area is 134 Å². The predicted octanol–water partition coefficient (Wildman–Crippen LogP) is 2.40. The van der Waals surface area contributed by atoms with Crippen molar-refractivity contribution in [2.45, 2.75) is 25.8 Å². The zero-order valence-corrected chi connectivity index (χ0v) is 13.4. The number of aromatic nitrogens is 2. The lowest BCUT2D eigenvalue weighted by Crippen LogP contribution is -2.51. The van der Waals surface area contributed by atoms with Crippen LogP contribution in [0.15, 0.2) is 30.6 Å². The van der Waals surface area contributed by atoms with Gasteiger partial charge in [0.1, 0.15) is 9.88 Å². The predicted molar refractivity (Wildman–Crippen MR) is 87.6 cm³/mol. The Balaban J connectivity index is 1.82. The summed E-state index contributed by atoms with van der Waals surface area (Å²) in [4.78, 5) is 24.0. The van der Waals surface area contributed by atoms with Gasteiger partial charge in [-0.15, -0.1) is 11.3 Å². The van der Waals surface area contributed by atoms with E-state index in [9.17, 15) is 4.79 Å². The quantitative estimate of drug-likeness (QED) is 0.944. The lowest BCUT2D eigenvalue weighted by molar-refractivity contribution is 0.0537. The van der Waals surface area contributed by atoms with Gasteiger partial charge in [-0.3, -0.25) is 9.78 Å². The van der Waals surface area contributed by atoms with Crippen molar-refractivity contribution in [3.63, 3.8) is 0 Å². The molecular formula is C16H20N4OS. The first-order valence-electron chi connectivity index (χ1n) is 7.59. The molecule has 2 atom stereocenters. The second kappa shape index (κ2) is 6.54. The van der Waals surface area contributed by atoms with Crippen molar-refractivity contribution in [2.24, 2.45) is 11.7 Å². The number of nitrogens with zero attached hydrogens (tertiary/aromatic N) is 3. The van der Waals surface area contributed by atoms with Crippen LogP contribution in [-0.4, -0.2) is 39.9 Å². The summed E-state index contributed by atoms with van der Waals surface area (Å²) in [6, 6.07) is 5.81. The Hall–Kier alpha value is -1.79. The van der Waals surface area contributed by atoms with Gasteiger partial charge in [0.2, 0.25) is 0 Å². The van der Waals surface area contributed by atoms with E-state index in [1.165, 1.54) is 11.3 Å². The molecular weight excluding hydrogens is 296 g/mol. The lowest BCUT2D eigenvalue weighted by atomic mass is 9.90. The van der Waals surface area contributed by atoms with Crippen molar-refractivity contribution < 1.29 is 4.79 Å². The maximum absolute atomic E-state index is 12.8. The highest BCUT2D eigenvalue weighted by molar-refractivity contribution is 7.16. The number of piperidine rings is 1. The van der Waals surface area contributed by atoms with Gasteiger partial charge in [0.05, 0.1) is 11.9 Å². The Kier molecular flexibility index (Phi) is 4.49. The molecule has 0 spiro atoms. The van der Waals surface area contributed by atoms with Crippen LogP contribution in [0.4, 0.5) is 0 Å². The molecule has 6 heteroatoms. The van der Waals surface area contributed by atoms with Gasteiger partial charge in [0.25, 0.3) is 5.91 Å². The van der Waals surface area contributed by atoms with Crippen molar-refractivity contribution in [1.29, 1.82) is 0 Å². The summed E-state index contributed by atoms with van der Waals surface area (Å²) < 4.78 is 0. The van der Waals surface area contributed by atoms with Gasteiger partial charge in [-0.1, -0.05) is 13.0 Å². The Morgan fingerprint density at radius 3 is 3.05 bits per heavy atom. The van der Waals surface area contributed by atoms with Crippen molar-refractivity contribution in [3.8, 4) is 10.7 Å². The summed E-state index contributed by atoms with van der Waals surface area (Å²) in [5.41, 5.74) is 6.68. The molecule has 1 fully saturated rings. The van der Waals surface area contributed by atoms with E-state index < -0.39 is 0 Å². The molecule has 5 nitrogen and oxygen atoms in total. The van der Waals surface area contributed by atoms with Crippen LogP contribution in [0.5, 0.6) is 0 Å². The fraction of sp³-hybridized carbons (Fsp3) is 0.438. The maximum atomic E-state index is 12.8. The van der Waals surface area contributed by atoms with Crippen LogP contribution < -0.4 is 5.73 Å². The molecule has 1 aliphatic rings. The average Bonchev–Trinajstić information content (AvgIpc) is 3.05. The van der Waals surface area contributed by atoms with Crippen LogP contribution >= 0.6 is 11.3 Å². The average molecular weight is 316 g/mol. The van der Waals surface area contributed by atoms with Gasteiger partial charge < -0.3 is 10.6 Å².